The highest BCUT2D eigenvalue weighted by Crippen LogP contribution is 2.41. The van der Waals surface area contributed by atoms with E-state index in [2.05, 4.69) is 0 Å². The van der Waals surface area contributed by atoms with Gasteiger partial charge in [-0.2, -0.15) is 0 Å². The van der Waals surface area contributed by atoms with Gasteiger partial charge in [0.2, 0.25) is 11.5 Å². The normalized spacial score (nSPS) is 11.2. The molecule has 1 unspecified atom stereocenters. The number of hydrogen-bond acceptors (Lipinski definition) is 10. The van der Waals surface area contributed by atoms with Gasteiger partial charge in [-0.25, -0.2) is 0 Å². The third-order valence-electron chi connectivity index (χ3n) is 7.25. The van der Waals surface area contributed by atoms with Crippen LogP contribution in [0.15, 0.2) is 84.9 Å². The molecule has 4 rings (SSSR count). The van der Waals surface area contributed by atoms with Gasteiger partial charge in [-0.1, -0.05) is 60.7 Å². The lowest BCUT2D eigenvalue weighted by Gasteiger charge is -2.19. The smallest absolute Gasteiger partial charge is 0.317 e. The van der Waals surface area contributed by atoms with E-state index in [4.69, 9.17) is 33.2 Å². The SMILES string of the molecule is CCOC(=O)C(CC(=O)c1cc(OC)c(OC)c(OC)c1)C(=O)c1cc(OCc2ccccc2)c(OC)c(OCc2ccccc2)c1. The van der Waals surface area contributed by atoms with E-state index in [0.29, 0.717) is 5.75 Å². The lowest BCUT2D eigenvalue weighted by atomic mass is 9.90. The zero-order valence-corrected chi connectivity index (χ0v) is 27.1. The highest BCUT2D eigenvalue weighted by atomic mass is 16.5. The average molecular weight is 643 g/mol. The summed E-state index contributed by atoms with van der Waals surface area (Å²) in [5.74, 6) is -1.94. The summed E-state index contributed by atoms with van der Waals surface area (Å²) in [6.07, 6.45) is -0.483. The maximum Gasteiger partial charge on any atom is 0.317 e. The summed E-state index contributed by atoms with van der Waals surface area (Å²) < 4.78 is 39.3. The number of rotatable bonds is 17. The molecule has 0 heterocycles. The summed E-state index contributed by atoms with van der Waals surface area (Å²) in [5, 5.41) is 0. The number of Topliss-reactive ketones (excluding diaryl/α,β-unsaturated/α-hetero) is 2. The number of benzene rings is 4. The first-order chi connectivity index (χ1) is 22.8. The molecule has 47 heavy (non-hydrogen) atoms. The molecule has 10 nitrogen and oxygen atoms in total. The quantitative estimate of drug-likeness (QED) is 0.0717. The van der Waals surface area contributed by atoms with Crippen LogP contribution in [0.5, 0.6) is 34.5 Å². The van der Waals surface area contributed by atoms with Crippen molar-refractivity contribution in [2.24, 2.45) is 5.92 Å². The van der Waals surface area contributed by atoms with Crippen LogP contribution in [0.1, 0.15) is 45.2 Å². The first kappa shape index (κ1) is 34.4. The van der Waals surface area contributed by atoms with Gasteiger partial charge >= 0.3 is 5.97 Å². The molecule has 0 aliphatic heterocycles. The molecule has 10 heteroatoms. The van der Waals surface area contributed by atoms with Crippen LogP contribution in [0.3, 0.4) is 0 Å². The minimum absolute atomic E-state index is 0.0144. The van der Waals surface area contributed by atoms with Crippen LogP contribution in [0.25, 0.3) is 0 Å². The highest BCUT2D eigenvalue weighted by molar-refractivity contribution is 6.13. The number of carbonyl (C=O) groups is 3. The minimum Gasteiger partial charge on any atom is -0.493 e. The van der Waals surface area contributed by atoms with Crippen molar-refractivity contribution in [3.63, 3.8) is 0 Å². The molecular weight excluding hydrogens is 604 g/mol. The van der Waals surface area contributed by atoms with E-state index < -0.39 is 29.9 Å². The van der Waals surface area contributed by atoms with Gasteiger partial charge in [0.05, 0.1) is 35.0 Å². The maximum absolute atomic E-state index is 14.2. The van der Waals surface area contributed by atoms with E-state index >= 15 is 0 Å². The molecule has 0 N–H and O–H groups in total. The molecule has 0 aromatic heterocycles. The molecule has 4 aromatic carbocycles. The third-order valence-corrected chi connectivity index (χ3v) is 7.25. The van der Waals surface area contributed by atoms with E-state index in [-0.39, 0.29) is 59.7 Å². The Balaban J connectivity index is 1.72. The largest absolute Gasteiger partial charge is 0.493 e. The zero-order chi connectivity index (χ0) is 33.8. The topological polar surface area (TPSA) is 116 Å². The summed E-state index contributed by atoms with van der Waals surface area (Å²) in [6, 6.07) is 24.9. The first-order valence-electron chi connectivity index (χ1n) is 14.9. The maximum atomic E-state index is 14.2. The van der Waals surface area contributed by atoms with E-state index in [1.165, 1.54) is 52.7 Å². The molecule has 0 aliphatic rings. The Hall–Kier alpha value is -5.51. The Morgan fingerprint density at radius 2 is 1.04 bits per heavy atom. The van der Waals surface area contributed by atoms with Gasteiger partial charge in [-0.05, 0) is 42.3 Å². The lowest BCUT2D eigenvalue weighted by molar-refractivity contribution is -0.146. The summed E-state index contributed by atoms with van der Waals surface area (Å²) in [5.41, 5.74) is 2.01. The average Bonchev–Trinajstić information content (AvgIpc) is 3.11. The molecule has 246 valence electrons. The van der Waals surface area contributed by atoms with Gasteiger partial charge in [-0.3, -0.25) is 14.4 Å². The van der Waals surface area contributed by atoms with Gasteiger partial charge in [0.25, 0.3) is 0 Å². The van der Waals surface area contributed by atoms with Crippen molar-refractivity contribution in [3.05, 3.63) is 107 Å². The van der Waals surface area contributed by atoms with Crippen LogP contribution >= 0.6 is 0 Å². The van der Waals surface area contributed by atoms with Crippen LogP contribution < -0.4 is 28.4 Å². The second-order valence-electron chi connectivity index (χ2n) is 10.3. The number of carbonyl (C=O) groups excluding carboxylic acids is 3. The number of methoxy groups -OCH3 is 4. The lowest BCUT2D eigenvalue weighted by Crippen LogP contribution is -2.29. The standard InChI is InChI=1S/C37H38O10/c1-6-45-37(40)28(21-29(38)26-17-30(41-2)35(43-4)31(18-26)42-3)34(39)27-19-32(46-22-24-13-9-7-10-14-24)36(44-5)33(20-27)47-23-25-15-11-8-12-16-25/h7-20,28H,6,21-23H2,1-5H3. The molecular formula is C37H38O10. The monoisotopic (exact) mass is 642 g/mol. The van der Waals surface area contributed by atoms with Gasteiger partial charge in [0, 0.05) is 17.5 Å². The van der Waals surface area contributed by atoms with Crippen LogP contribution in [0.2, 0.25) is 0 Å². The van der Waals surface area contributed by atoms with Crippen molar-refractivity contribution in [1.82, 2.24) is 0 Å². The summed E-state index contributed by atoms with van der Waals surface area (Å²) in [6.45, 7) is 1.99. The van der Waals surface area contributed by atoms with Crippen molar-refractivity contribution in [2.45, 2.75) is 26.6 Å². The second kappa shape index (κ2) is 16.7. The van der Waals surface area contributed by atoms with Gasteiger partial charge in [0.1, 0.15) is 19.1 Å². The van der Waals surface area contributed by atoms with E-state index in [9.17, 15) is 14.4 Å². The molecule has 0 radical (unpaired) electrons. The Bertz CT molecular complexity index is 1580. The van der Waals surface area contributed by atoms with Crippen molar-refractivity contribution in [1.29, 1.82) is 0 Å². The first-order valence-corrected chi connectivity index (χ1v) is 14.9. The zero-order valence-electron chi connectivity index (χ0n) is 27.1. The van der Waals surface area contributed by atoms with Crippen molar-refractivity contribution in [3.8, 4) is 34.5 Å². The highest BCUT2D eigenvalue weighted by Gasteiger charge is 2.34. The van der Waals surface area contributed by atoms with Crippen LogP contribution in [-0.4, -0.2) is 52.6 Å². The van der Waals surface area contributed by atoms with Crippen molar-refractivity contribution >= 4 is 17.5 Å². The number of hydrogen-bond donors (Lipinski definition) is 0. The Labute approximate surface area is 274 Å². The van der Waals surface area contributed by atoms with Gasteiger partial charge < -0.3 is 33.2 Å². The molecule has 0 bridgehead atoms. The molecule has 0 aliphatic carbocycles. The van der Waals surface area contributed by atoms with Crippen molar-refractivity contribution < 1.29 is 47.5 Å². The fourth-order valence-corrected chi connectivity index (χ4v) is 4.88. The fourth-order valence-electron chi connectivity index (χ4n) is 4.88. The number of esters is 1. The second-order valence-corrected chi connectivity index (χ2v) is 10.3. The predicted octanol–water partition coefficient (Wildman–Crippen LogP) is 6.51. The Morgan fingerprint density at radius 1 is 0.596 bits per heavy atom. The number of ether oxygens (including phenoxy) is 7. The minimum atomic E-state index is -1.47. The van der Waals surface area contributed by atoms with E-state index in [1.807, 2.05) is 60.7 Å². The van der Waals surface area contributed by atoms with E-state index in [0.717, 1.165) is 11.1 Å². The van der Waals surface area contributed by atoms with E-state index in [1.54, 1.807) is 6.92 Å². The predicted molar refractivity (Wildman–Crippen MR) is 174 cm³/mol. The van der Waals surface area contributed by atoms with Crippen LogP contribution in [0.4, 0.5) is 0 Å². The van der Waals surface area contributed by atoms with Crippen LogP contribution in [-0.2, 0) is 22.7 Å². The van der Waals surface area contributed by atoms with Gasteiger partial charge in [0.15, 0.2) is 34.6 Å². The van der Waals surface area contributed by atoms with Gasteiger partial charge in [-0.15, -0.1) is 0 Å². The summed E-state index contributed by atoms with van der Waals surface area (Å²) in [7, 11) is 5.77. The Morgan fingerprint density at radius 3 is 1.47 bits per heavy atom. The summed E-state index contributed by atoms with van der Waals surface area (Å²) in [4.78, 5) is 41.0. The molecule has 1 atom stereocenters. The Kier molecular flexibility index (Phi) is 12.2. The molecule has 0 saturated heterocycles. The third kappa shape index (κ3) is 8.61. The molecule has 0 amide bonds. The molecule has 0 saturated carbocycles. The summed E-state index contributed by atoms with van der Waals surface area (Å²) >= 11 is 0. The molecule has 0 fully saturated rings. The fraction of sp³-hybridized carbons (Fsp3) is 0.270. The molecule has 4 aromatic rings. The molecule has 0 spiro atoms. The number of ketones is 2. The van der Waals surface area contributed by atoms with Crippen LogP contribution in [0, 0.1) is 5.92 Å². The van der Waals surface area contributed by atoms with Crippen molar-refractivity contribution in [2.75, 3.05) is 35.0 Å².